The summed E-state index contributed by atoms with van der Waals surface area (Å²) in [6.45, 7) is 4.75. The van der Waals surface area contributed by atoms with Crippen LogP contribution in [0.2, 0.25) is 0 Å². The second-order valence-corrected chi connectivity index (χ2v) is 4.98. The van der Waals surface area contributed by atoms with Crippen LogP contribution in [-0.2, 0) is 9.53 Å². The van der Waals surface area contributed by atoms with Crippen molar-refractivity contribution in [3.8, 4) is 5.75 Å². The van der Waals surface area contributed by atoms with Crippen molar-refractivity contribution in [3.05, 3.63) is 29.8 Å². The number of ether oxygens (including phenoxy) is 2. The topological polar surface area (TPSA) is 55.8 Å². The molecule has 1 aromatic rings. The molecule has 0 bridgehead atoms. The van der Waals surface area contributed by atoms with Crippen LogP contribution in [0.15, 0.2) is 24.3 Å². The van der Waals surface area contributed by atoms with Crippen LogP contribution in [0.5, 0.6) is 5.75 Å². The zero-order valence-electron chi connectivity index (χ0n) is 13.1. The molecule has 0 saturated heterocycles. The maximum atomic E-state index is 12.2. The Morgan fingerprint density at radius 3 is 2.38 bits per heavy atom. The van der Waals surface area contributed by atoms with Crippen molar-refractivity contribution in [1.29, 1.82) is 0 Å². The fourth-order valence-corrected chi connectivity index (χ4v) is 1.90. The fourth-order valence-electron chi connectivity index (χ4n) is 1.90. The van der Waals surface area contributed by atoms with Crippen molar-refractivity contribution < 1.29 is 19.1 Å². The van der Waals surface area contributed by atoms with E-state index in [9.17, 15) is 9.59 Å². The van der Waals surface area contributed by atoms with E-state index in [1.54, 1.807) is 38.2 Å². The molecule has 0 aliphatic rings. The lowest BCUT2D eigenvalue weighted by atomic mass is 10.1. The molecule has 0 radical (unpaired) electrons. The van der Waals surface area contributed by atoms with Crippen LogP contribution in [0.4, 0.5) is 0 Å². The summed E-state index contributed by atoms with van der Waals surface area (Å²) in [6, 6.07) is 7.01. The largest absolute Gasteiger partial charge is 0.494 e. The Kier molecular flexibility index (Phi) is 6.72. The molecule has 5 heteroatoms. The van der Waals surface area contributed by atoms with Crippen LogP contribution in [-0.4, -0.2) is 44.1 Å². The van der Waals surface area contributed by atoms with Gasteiger partial charge < -0.3 is 14.4 Å². The molecule has 0 aliphatic heterocycles. The van der Waals surface area contributed by atoms with E-state index in [0.717, 1.165) is 12.2 Å². The SMILES string of the molecule is CCCOc1ccc(C(=O)N(C)CC(C)C(=O)OC)cc1. The number of esters is 1. The van der Waals surface area contributed by atoms with E-state index in [-0.39, 0.29) is 17.8 Å². The van der Waals surface area contributed by atoms with Crippen LogP contribution < -0.4 is 4.74 Å². The normalized spacial score (nSPS) is 11.6. The molecule has 5 nitrogen and oxygen atoms in total. The molecule has 0 fully saturated rings. The summed E-state index contributed by atoms with van der Waals surface area (Å²) in [5, 5.41) is 0. The minimum Gasteiger partial charge on any atom is -0.494 e. The highest BCUT2D eigenvalue weighted by Gasteiger charge is 2.19. The van der Waals surface area contributed by atoms with Gasteiger partial charge in [-0.3, -0.25) is 9.59 Å². The predicted molar refractivity (Wildman–Crippen MR) is 80.4 cm³/mol. The summed E-state index contributed by atoms with van der Waals surface area (Å²) in [6.07, 6.45) is 0.939. The highest BCUT2D eigenvalue weighted by atomic mass is 16.5. The number of benzene rings is 1. The maximum absolute atomic E-state index is 12.2. The Morgan fingerprint density at radius 1 is 1.24 bits per heavy atom. The molecule has 1 amide bonds. The second-order valence-electron chi connectivity index (χ2n) is 4.98. The van der Waals surface area contributed by atoms with E-state index in [1.807, 2.05) is 6.92 Å². The number of methoxy groups -OCH3 is 1. The average molecular weight is 293 g/mol. The molecular weight excluding hydrogens is 270 g/mol. The van der Waals surface area contributed by atoms with Gasteiger partial charge >= 0.3 is 5.97 Å². The minimum absolute atomic E-state index is 0.132. The van der Waals surface area contributed by atoms with Crippen LogP contribution in [0.1, 0.15) is 30.6 Å². The van der Waals surface area contributed by atoms with E-state index in [1.165, 1.54) is 12.0 Å². The Bertz CT molecular complexity index is 470. The first-order valence-electron chi connectivity index (χ1n) is 7.05. The molecule has 0 aliphatic carbocycles. The van der Waals surface area contributed by atoms with Crippen LogP contribution in [0.3, 0.4) is 0 Å². The molecule has 1 unspecified atom stereocenters. The Morgan fingerprint density at radius 2 is 1.86 bits per heavy atom. The van der Waals surface area contributed by atoms with Gasteiger partial charge in [0, 0.05) is 19.2 Å². The van der Waals surface area contributed by atoms with Gasteiger partial charge in [0.05, 0.1) is 19.6 Å². The number of hydrogen-bond acceptors (Lipinski definition) is 4. The average Bonchev–Trinajstić information content (AvgIpc) is 2.51. The first-order valence-corrected chi connectivity index (χ1v) is 7.05. The minimum atomic E-state index is -0.351. The number of rotatable bonds is 7. The number of hydrogen-bond donors (Lipinski definition) is 0. The molecule has 0 heterocycles. The van der Waals surface area contributed by atoms with E-state index in [0.29, 0.717) is 18.7 Å². The molecular formula is C16H23NO4. The molecule has 116 valence electrons. The van der Waals surface area contributed by atoms with Gasteiger partial charge in [-0.2, -0.15) is 0 Å². The van der Waals surface area contributed by atoms with Crippen molar-refractivity contribution in [3.63, 3.8) is 0 Å². The third kappa shape index (κ3) is 5.10. The first kappa shape index (κ1) is 17.0. The van der Waals surface area contributed by atoms with Gasteiger partial charge in [-0.1, -0.05) is 13.8 Å². The van der Waals surface area contributed by atoms with Gasteiger partial charge in [0.15, 0.2) is 0 Å². The number of nitrogens with zero attached hydrogens (tertiary/aromatic N) is 1. The zero-order chi connectivity index (χ0) is 15.8. The molecule has 1 rings (SSSR count). The lowest BCUT2D eigenvalue weighted by molar-refractivity contribution is -0.145. The van der Waals surface area contributed by atoms with Crippen molar-refractivity contribution in [2.24, 2.45) is 5.92 Å². The molecule has 0 saturated carbocycles. The van der Waals surface area contributed by atoms with Gasteiger partial charge in [-0.15, -0.1) is 0 Å². The third-order valence-electron chi connectivity index (χ3n) is 3.07. The van der Waals surface area contributed by atoms with E-state index >= 15 is 0 Å². The van der Waals surface area contributed by atoms with E-state index in [2.05, 4.69) is 4.74 Å². The molecule has 0 spiro atoms. The van der Waals surface area contributed by atoms with Crippen LogP contribution in [0, 0.1) is 5.92 Å². The molecule has 0 aromatic heterocycles. The Labute approximate surface area is 125 Å². The quantitative estimate of drug-likeness (QED) is 0.724. The standard InChI is InChI=1S/C16H23NO4/c1-5-10-21-14-8-6-13(7-9-14)15(18)17(3)11-12(2)16(19)20-4/h6-9,12H,5,10-11H2,1-4H3. The summed E-state index contributed by atoms with van der Waals surface area (Å²) < 4.78 is 10.1. The van der Waals surface area contributed by atoms with Crippen molar-refractivity contribution in [2.45, 2.75) is 20.3 Å². The predicted octanol–water partition coefficient (Wildman–Crippen LogP) is 2.36. The molecule has 21 heavy (non-hydrogen) atoms. The molecule has 1 aromatic carbocycles. The van der Waals surface area contributed by atoms with E-state index < -0.39 is 0 Å². The number of carbonyl (C=O) groups is 2. The summed E-state index contributed by atoms with van der Waals surface area (Å²) in [4.78, 5) is 25.1. The van der Waals surface area contributed by atoms with Gasteiger partial charge in [0.2, 0.25) is 0 Å². The molecule has 0 N–H and O–H groups in total. The lowest BCUT2D eigenvalue weighted by Gasteiger charge is -2.20. The van der Waals surface area contributed by atoms with Crippen molar-refractivity contribution in [2.75, 3.05) is 27.3 Å². The zero-order valence-corrected chi connectivity index (χ0v) is 13.1. The highest BCUT2D eigenvalue weighted by Crippen LogP contribution is 2.14. The highest BCUT2D eigenvalue weighted by molar-refractivity contribution is 5.94. The maximum Gasteiger partial charge on any atom is 0.310 e. The summed E-state index contributed by atoms with van der Waals surface area (Å²) >= 11 is 0. The number of amides is 1. The van der Waals surface area contributed by atoms with Crippen molar-refractivity contribution in [1.82, 2.24) is 4.90 Å². The first-order chi connectivity index (χ1) is 9.99. The van der Waals surface area contributed by atoms with Gasteiger partial charge in [-0.05, 0) is 30.7 Å². The van der Waals surface area contributed by atoms with Crippen LogP contribution in [0.25, 0.3) is 0 Å². The molecule has 1 atom stereocenters. The summed E-state index contributed by atoms with van der Waals surface area (Å²) in [7, 11) is 3.01. The van der Waals surface area contributed by atoms with Crippen LogP contribution >= 0.6 is 0 Å². The Balaban J connectivity index is 2.63. The second kappa shape index (κ2) is 8.29. The summed E-state index contributed by atoms with van der Waals surface area (Å²) in [5.41, 5.74) is 0.568. The van der Waals surface area contributed by atoms with E-state index in [4.69, 9.17) is 4.74 Å². The number of carbonyl (C=O) groups excluding carboxylic acids is 2. The Hall–Kier alpha value is -2.04. The van der Waals surface area contributed by atoms with Crippen molar-refractivity contribution >= 4 is 11.9 Å². The lowest BCUT2D eigenvalue weighted by Crippen LogP contribution is -2.34. The van der Waals surface area contributed by atoms with Gasteiger partial charge in [0.25, 0.3) is 5.91 Å². The smallest absolute Gasteiger partial charge is 0.310 e. The monoisotopic (exact) mass is 293 g/mol. The summed E-state index contributed by atoms with van der Waals surface area (Å²) in [5.74, 6) is -0.0548. The van der Waals surface area contributed by atoms with Gasteiger partial charge in [-0.25, -0.2) is 0 Å². The van der Waals surface area contributed by atoms with Gasteiger partial charge in [0.1, 0.15) is 5.75 Å². The fraction of sp³-hybridized carbons (Fsp3) is 0.500. The third-order valence-corrected chi connectivity index (χ3v) is 3.07.